The van der Waals surface area contributed by atoms with Crippen LogP contribution in [0.4, 0.5) is 0 Å². The summed E-state index contributed by atoms with van der Waals surface area (Å²) >= 11 is 1.59. The molecular formula is C19H24N2OS. The van der Waals surface area contributed by atoms with Crippen LogP contribution in [0.5, 0.6) is 0 Å². The Bertz CT molecular complexity index is 587. The smallest absolute Gasteiger partial charge is 0.237 e. The molecule has 2 rings (SSSR count). The highest BCUT2D eigenvalue weighted by atomic mass is 32.2. The van der Waals surface area contributed by atoms with Crippen molar-refractivity contribution >= 4 is 17.7 Å². The maximum Gasteiger partial charge on any atom is 0.237 e. The minimum atomic E-state index is -0.224. The third-order valence-electron chi connectivity index (χ3n) is 3.42. The maximum absolute atomic E-state index is 12.6. The molecule has 2 aromatic carbocycles. The summed E-state index contributed by atoms with van der Waals surface area (Å²) in [7, 11) is 4.08. The molecule has 0 saturated carbocycles. The summed E-state index contributed by atoms with van der Waals surface area (Å²) in [5.41, 5.74) is 1.03. The van der Waals surface area contributed by atoms with Crippen LogP contribution in [0.15, 0.2) is 65.6 Å². The Morgan fingerprint density at radius 3 is 2.26 bits per heavy atom. The van der Waals surface area contributed by atoms with Gasteiger partial charge in [0.1, 0.15) is 5.25 Å². The molecule has 23 heavy (non-hydrogen) atoms. The number of thioether (sulfide) groups is 1. The second-order valence-corrected chi connectivity index (χ2v) is 6.85. The van der Waals surface area contributed by atoms with Gasteiger partial charge < -0.3 is 10.2 Å². The maximum atomic E-state index is 12.6. The molecule has 122 valence electrons. The van der Waals surface area contributed by atoms with Gasteiger partial charge in [0.15, 0.2) is 0 Å². The lowest BCUT2D eigenvalue weighted by Gasteiger charge is -2.17. The molecule has 2 aromatic rings. The fraction of sp³-hybridized carbons (Fsp3) is 0.316. The van der Waals surface area contributed by atoms with Gasteiger partial charge in [0.25, 0.3) is 0 Å². The fourth-order valence-electron chi connectivity index (χ4n) is 2.24. The van der Waals surface area contributed by atoms with E-state index in [-0.39, 0.29) is 11.2 Å². The van der Waals surface area contributed by atoms with Crippen molar-refractivity contribution in [3.8, 4) is 0 Å². The van der Waals surface area contributed by atoms with Crippen molar-refractivity contribution in [1.29, 1.82) is 0 Å². The molecular weight excluding hydrogens is 304 g/mol. The van der Waals surface area contributed by atoms with E-state index in [1.54, 1.807) is 11.8 Å². The Kier molecular flexibility index (Phi) is 7.17. The summed E-state index contributed by atoms with van der Waals surface area (Å²) in [6.07, 6.45) is 0.955. The van der Waals surface area contributed by atoms with Crippen LogP contribution >= 0.6 is 11.8 Å². The summed E-state index contributed by atoms with van der Waals surface area (Å²) in [4.78, 5) is 15.9. The van der Waals surface area contributed by atoms with Crippen molar-refractivity contribution in [2.75, 3.05) is 27.2 Å². The number of nitrogens with zero attached hydrogens (tertiary/aromatic N) is 1. The summed E-state index contributed by atoms with van der Waals surface area (Å²) in [6.45, 7) is 1.68. The van der Waals surface area contributed by atoms with E-state index in [1.807, 2.05) is 74.8 Å². The molecule has 0 aliphatic heterocycles. The van der Waals surface area contributed by atoms with E-state index in [2.05, 4.69) is 10.2 Å². The van der Waals surface area contributed by atoms with Crippen molar-refractivity contribution in [2.24, 2.45) is 0 Å². The SMILES string of the molecule is CN(C)CCCNC(=O)[C@@H](Sc1ccccc1)c1ccccc1. The standard InChI is InChI=1S/C19H24N2OS/c1-21(2)15-9-14-20-19(22)18(16-10-5-3-6-11-16)23-17-12-7-4-8-13-17/h3-8,10-13,18H,9,14-15H2,1-2H3,(H,20,22)/t18-/m0/s1. The second kappa shape index (κ2) is 9.38. The summed E-state index contributed by atoms with van der Waals surface area (Å²) in [5.74, 6) is 0.0730. The van der Waals surface area contributed by atoms with Gasteiger partial charge >= 0.3 is 0 Å². The highest BCUT2D eigenvalue weighted by Crippen LogP contribution is 2.35. The Morgan fingerprint density at radius 1 is 1.04 bits per heavy atom. The van der Waals surface area contributed by atoms with Crippen LogP contribution in [0.3, 0.4) is 0 Å². The lowest BCUT2D eigenvalue weighted by Crippen LogP contribution is -2.30. The predicted molar refractivity (Wildman–Crippen MR) is 97.7 cm³/mol. The average molecular weight is 328 g/mol. The molecule has 1 amide bonds. The first-order chi connectivity index (χ1) is 11.2. The van der Waals surface area contributed by atoms with E-state index in [4.69, 9.17) is 0 Å². The van der Waals surface area contributed by atoms with Crippen LogP contribution < -0.4 is 5.32 Å². The normalized spacial score (nSPS) is 12.1. The van der Waals surface area contributed by atoms with Crippen LogP contribution in [-0.4, -0.2) is 38.0 Å². The number of hydrogen-bond acceptors (Lipinski definition) is 3. The zero-order chi connectivity index (χ0) is 16.5. The minimum Gasteiger partial charge on any atom is -0.355 e. The third kappa shape index (κ3) is 6.08. The van der Waals surface area contributed by atoms with Gasteiger partial charge in [-0.25, -0.2) is 0 Å². The Balaban J connectivity index is 2.03. The molecule has 0 unspecified atom stereocenters. The van der Waals surface area contributed by atoms with Crippen LogP contribution in [-0.2, 0) is 4.79 Å². The molecule has 0 heterocycles. The second-order valence-electron chi connectivity index (χ2n) is 5.67. The molecule has 0 aliphatic carbocycles. The quantitative estimate of drug-likeness (QED) is 0.594. The van der Waals surface area contributed by atoms with Crippen molar-refractivity contribution in [1.82, 2.24) is 10.2 Å². The van der Waals surface area contributed by atoms with E-state index in [9.17, 15) is 4.79 Å². The third-order valence-corrected chi connectivity index (χ3v) is 4.69. The van der Waals surface area contributed by atoms with Crippen LogP contribution in [0, 0.1) is 0 Å². The van der Waals surface area contributed by atoms with E-state index < -0.39 is 0 Å². The number of hydrogen-bond donors (Lipinski definition) is 1. The number of rotatable bonds is 8. The number of benzene rings is 2. The molecule has 0 spiro atoms. The van der Waals surface area contributed by atoms with Gasteiger partial charge in [-0.2, -0.15) is 0 Å². The van der Waals surface area contributed by atoms with Crippen molar-refractivity contribution in [3.05, 3.63) is 66.2 Å². The van der Waals surface area contributed by atoms with Gasteiger partial charge in [0.2, 0.25) is 5.91 Å². The van der Waals surface area contributed by atoms with Crippen molar-refractivity contribution < 1.29 is 4.79 Å². The van der Waals surface area contributed by atoms with Gasteiger partial charge in [0, 0.05) is 11.4 Å². The largest absolute Gasteiger partial charge is 0.355 e. The molecule has 3 nitrogen and oxygen atoms in total. The molecule has 1 atom stereocenters. The lowest BCUT2D eigenvalue weighted by molar-refractivity contribution is -0.120. The van der Waals surface area contributed by atoms with Crippen molar-refractivity contribution in [3.63, 3.8) is 0 Å². The monoisotopic (exact) mass is 328 g/mol. The summed E-state index contributed by atoms with van der Waals surface area (Å²) in [5, 5.41) is 2.85. The van der Waals surface area contributed by atoms with E-state index in [0.29, 0.717) is 6.54 Å². The minimum absolute atomic E-state index is 0.0730. The summed E-state index contributed by atoms with van der Waals surface area (Å²) < 4.78 is 0. The Hall–Kier alpha value is -1.78. The summed E-state index contributed by atoms with van der Waals surface area (Å²) in [6, 6.07) is 20.0. The average Bonchev–Trinajstić information content (AvgIpc) is 2.58. The molecule has 0 aliphatic rings. The zero-order valence-electron chi connectivity index (χ0n) is 13.7. The Labute approximate surface area is 143 Å². The van der Waals surface area contributed by atoms with E-state index in [1.165, 1.54) is 0 Å². The van der Waals surface area contributed by atoms with Crippen LogP contribution in [0.2, 0.25) is 0 Å². The van der Waals surface area contributed by atoms with Gasteiger partial charge in [-0.1, -0.05) is 48.5 Å². The lowest BCUT2D eigenvalue weighted by atomic mass is 10.1. The first-order valence-corrected chi connectivity index (χ1v) is 8.74. The number of carbonyl (C=O) groups is 1. The van der Waals surface area contributed by atoms with Gasteiger partial charge in [-0.15, -0.1) is 11.8 Å². The van der Waals surface area contributed by atoms with Gasteiger partial charge in [-0.05, 0) is 44.8 Å². The molecule has 0 saturated heterocycles. The van der Waals surface area contributed by atoms with E-state index in [0.717, 1.165) is 23.4 Å². The molecule has 0 fully saturated rings. The van der Waals surface area contributed by atoms with Gasteiger partial charge in [0.05, 0.1) is 0 Å². The first-order valence-electron chi connectivity index (χ1n) is 7.86. The Morgan fingerprint density at radius 2 is 1.65 bits per heavy atom. The molecule has 4 heteroatoms. The number of nitrogens with one attached hydrogen (secondary N) is 1. The molecule has 0 aromatic heterocycles. The molecule has 1 N–H and O–H groups in total. The topological polar surface area (TPSA) is 32.3 Å². The highest BCUT2D eigenvalue weighted by Gasteiger charge is 2.21. The van der Waals surface area contributed by atoms with E-state index >= 15 is 0 Å². The number of amides is 1. The highest BCUT2D eigenvalue weighted by molar-refractivity contribution is 8.00. The molecule has 0 bridgehead atoms. The van der Waals surface area contributed by atoms with Gasteiger partial charge in [-0.3, -0.25) is 4.79 Å². The fourth-order valence-corrected chi connectivity index (χ4v) is 3.31. The first kappa shape index (κ1) is 17.6. The zero-order valence-corrected chi connectivity index (χ0v) is 14.6. The van der Waals surface area contributed by atoms with Crippen LogP contribution in [0.1, 0.15) is 17.2 Å². The van der Waals surface area contributed by atoms with Crippen LogP contribution in [0.25, 0.3) is 0 Å². The van der Waals surface area contributed by atoms with Crippen molar-refractivity contribution in [2.45, 2.75) is 16.6 Å². The number of carbonyl (C=O) groups excluding carboxylic acids is 1. The molecule has 0 radical (unpaired) electrons. The predicted octanol–water partition coefficient (Wildman–Crippen LogP) is 3.59.